The van der Waals surface area contributed by atoms with Crippen molar-refractivity contribution in [1.82, 2.24) is 5.32 Å². The lowest BCUT2D eigenvalue weighted by Crippen LogP contribution is -2.28. The zero-order valence-electron chi connectivity index (χ0n) is 12.2. The van der Waals surface area contributed by atoms with Crippen LogP contribution in [0.25, 0.3) is 0 Å². The molecule has 0 bridgehead atoms. The highest BCUT2D eigenvalue weighted by molar-refractivity contribution is 5.80. The molecule has 0 saturated heterocycles. The van der Waals surface area contributed by atoms with Crippen LogP contribution < -0.4 is 5.32 Å². The van der Waals surface area contributed by atoms with Gasteiger partial charge in [-0.2, -0.15) is 0 Å². The van der Waals surface area contributed by atoms with E-state index in [1.807, 2.05) is 18.2 Å². The van der Waals surface area contributed by atoms with E-state index in [0.717, 1.165) is 25.1 Å². The first-order valence-electron chi connectivity index (χ1n) is 7.02. The van der Waals surface area contributed by atoms with E-state index >= 15 is 0 Å². The first-order chi connectivity index (χ1) is 8.98. The average molecular weight is 263 g/mol. The van der Waals surface area contributed by atoms with E-state index in [0.29, 0.717) is 0 Å². The zero-order chi connectivity index (χ0) is 14.3. The van der Waals surface area contributed by atoms with Gasteiger partial charge >= 0.3 is 5.97 Å². The Balaban J connectivity index is 2.60. The second-order valence-electron chi connectivity index (χ2n) is 5.48. The van der Waals surface area contributed by atoms with Crippen LogP contribution in [-0.2, 0) is 16.6 Å². The van der Waals surface area contributed by atoms with Crippen LogP contribution in [0.3, 0.4) is 0 Å². The molecule has 0 heterocycles. The maximum atomic E-state index is 11.3. The van der Waals surface area contributed by atoms with Crippen LogP contribution in [0.4, 0.5) is 0 Å². The van der Waals surface area contributed by atoms with Crippen LogP contribution in [-0.4, -0.2) is 24.2 Å². The molecule has 0 aliphatic rings. The fourth-order valence-electron chi connectivity index (χ4n) is 1.90. The number of hydrogen-bond acceptors (Lipinski definition) is 2. The lowest BCUT2D eigenvalue weighted by atomic mass is 9.84. The maximum Gasteiger partial charge on any atom is 0.313 e. The van der Waals surface area contributed by atoms with Gasteiger partial charge in [0.2, 0.25) is 0 Å². The number of hydrogen-bond donors (Lipinski definition) is 2. The van der Waals surface area contributed by atoms with E-state index < -0.39 is 11.4 Å². The van der Waals surface area contributed by atoms with Crippen molar-refractivity contribution in [2.24, 2.45) is 0 Å². The first-order valence-corrected chi connectivity index (χ1v) is 7.02. The van der Waals surface area contributed by atoms with Crippen molar-refractivity contribution in [3.05, 3.63) is 35.4 Å². The summed E-state index contributed by atoms with van der Waals surface area (Å²) in [6.07, 6.45) is 3.34. The molecule has 1 rings (SSSR count). The summed E-state index contributed by atoms with van der Waals surface area (Å²) in [5.41, 5.74) is 1.23. The predicted octanol–water partition coefficient (Wildman–Crippen LogP) is 2.98. The third-order valence-electron chi connectivity index (χ3n) is 3.48. The number of rotatable bonds is 8. The molecule has 0 aliphatic heterocycles. The van der Waals surface area contributed by atoms with Gasteiger partial charge in [-0.3, -0.25) is 4.79 Å². The Morgan fingerprint density at radius 2 is 2.05 bits per heavy atom. The van der Waals surface area contributed by atoms with Gasteiger partial charge in [-0.25, -0.2) is 0 Å². The summed E-state index contributed by atoms with van der Waals surface area (Å²) in [6.45, 7) is 7.66. The number of benzene rings is 1. The van der Waals surface area contributed by atoms with Crippen LogP contribution in [0.5, 0.6) is 0 Å². The standard InChI is InChI=1S/C16H25NO2/c1-4-5-10-17-11-9-13-7-6-8-14(12-13)16(2,3)15(18)19/h6-8,12,17H,4-5,9-11H2,1-3H3,(H,18,19). The Kier molecular flexibility index (Phi) is 6.03. The Morgan fingerprint density at radius 1 is 1.32 bits per heavy atom. The molecule has 0 amide bonds. The van der Waals surface area contributed by atoms with E-state index in [2.05, 4.69) is 18.3 Å². The molecule has 3 heteroatoms. The third kappa shape index (κ3) is 4.67. The van der Waals surface area contributed by atoms with Crippen molar-refractivity contribution in [1.29, 1.82) is 0 Å². The van der Waals surface area contributed by atoms with Crippen molar-refractivity contribution in [2.75, 3.05) is 13.1 Å². The molecular weight excluding hydrogens is 238 g/mol. The highest BCUT2D eigenvalue weighted by atomic mass is 16.4. The van der Waals surface area contributed by atoms with Gasteiger partial charge in [-0.15, -0.1) is 0 Å². The topological polar surface area (TPSA) is 49.3 Å². The van der Waals surface area contributed by atoms with E-state index in [1.165, 1.54) is 18.4 Å². The molecule has 0 fully saturated rings. The Labute approximate surface area is 116 Å². The fraction of sp³-hybridized carbons (Fsp3) is 0.562. The SMILES string of the molecule is CCCCNCCc1cccc(C(C)(C)C(=O)O)c1. The number of aliphatic carboxylic acids is 1. The molecule has 3 nitrogen and oxygen atoms in total. The van der Waals surface area contributed by atoms with E-state index in [1.54, 1.807) is 13.8 Å². The van der Waals surface area contributed by atoms with Gasteiger partial charge in [0, 0.05) is 0 Å². The van der Waals surface area contributed by atoms with Gasteiger partial charge in [0.15, 0.2) is 0 Å². The summed E-state index contributed by atoms with van der Waals surface area (Å²) in [6, 6.07) is 7.90. The number of unbranched alkanes of at least 4 members (excludes halogenated alkanes) is 1. The number of carboxylic acids is 1. The number of carboxylic acid groups (broad SMARTS) is 1. The highest BCUT2D eigenvalue weighted by Crippen LogP contribution is 2.24. The predicted molar refractivity (Wildman–Crippen MR) is 78.6 cm³/mol. The molecule has 0 atom stereocenters. The third-order valence-corrected chi connectivity index (χ3v) is 3.48. The molecule has 0 saturated carbocycles. The maximum absolute atomic E-state index is 11.3. The Bertz CT molecular complexity index is 413. The Morgan fingerprint density at radius 3 is 2.68 bits per heavy atom. The highest BCUT2D eigenvalue weighted by Gasteiger charge is 2.29. The number of nitrogens with one attached hydrogen (secondary N) is 1. The van der Waals surface area contributed by atoms with Crippen LogP contribution in [0.2, 0.25) is 0 Å². The van der Waals surface area contributed by atoms with Crippen LogP contribution in [0.15, 0.2) is 24.3 Å². The van der Waals surface area contributed by atoms with Crippen LogP contribution in [0, 0.1) is 0 Å². The molecule has 1 aromatic rings. The largest absolute Gasteiger partial charge is 0.481 e. The van der Waals surface area contributed by atoms with Crippen molar-refractivity contribution < 1.29 is 9.90 Å². The molecule has 0 aromatic heterocycles. The van der Waals surface area contributed by atoms with Gasteiger partial charge in [-0.05, 0) is 50.9 Å². The fourth-order valence-corrected chi connectivity index (χ4v) is 1.90. The van der Waals surface area contributed by atoms with Crippen molar-refractivity contribution >= 4 is 5.97 Å². The van der Waals surface area contributed by atoms with Crippen molar-refractivity contribution in [3.8, 4) is 0 Å². The van der Waals surface area contributed by atoms with E-state index in [9.17, 15) is 9.90 Å². The summed E-state index contributed by atoms with van der Waals surface area (Å²) in [4.78, 5) is 11.3. The van der Waals surface area contributed by atoms with Crippen molar-refractivity contribution in [2.45, 2.75) is 45.4 Å². The summed E-state index contributed by atoms with van der Waals surface area (Å²) in [7, 11) is 0. The molecule has 2 N–H and O–H groups in total. The molecule has 0 aliphatic carbocycles. The Hall–Kier alpha value is -1.35. The second kappa shape index (κ2) is 7.29. The van der Waals surface area contributed by atoms with Gasteiger partial charge < -0.3 is 10.4 Å². The smallest absolute Gasteiger partial charge is 0.313 e. The number of carbonyl (C=O) groups is 1. The molecule has 106 valence electrons. The molecule has 0 spiro atoms. The molecule has 19 heavy (non-hydrogen) atoms. The first kappa shape index (κ1) is 15.7. The monoisotopic (exact) mass is 263 g/mol. The van der Waals surface area contributed by atoms with Crippen LogP contribution in [0.1, 0.15) is 44.7 Å². The van der Waals surface area contributed by atoms with Gasteiger partial charge in [0.25, 0.3) is 0 Å². The van der Waals surface area contributed by atoms with E-state index in [4.69, 9.17) is 0 Å². The summed E-state index contributed by atoms with van der Waals surface area (Å²) in [5, 5.41) is 12.6. The lowest BCUT2D eigenvalue weighted by molar-refractivity contribution is -0.142. The van der Waals surface area contributed by atoms with Crippen LogP contribution >= 0.6 is 0 Å². The minimum absolute atomic E-state index is 0.786. The zero-order valence-corrected chi connectivity index (χ0v) is 12.2. The minimum atomic E-state index is -0.828. The lowest BCUT2D eigenvalue weighted by Gasteiger charge is -2.20. The summed E-state index contributed by atoms with van der Waals surface area (Å²) in [5.74, 6) is -0.786. The minimum Gasteiger partial charge on any atom is -0.481 e. The van der Waals surface area contributed by atoms with Gasteiger partial charge in [0.1, 0.15) is 0 Å². The molecule has 0 unspecified atom stereocenters. The summed E-state index contributed by atoms with van der Waals surface area (Å²) < 4.78 is 0. The second-order valence-corrected chi connectivity index (χ2v) is 5.48. The average Bonchev–Trinajstić information content (AvgIpc) is 2.38. The van der Waals surface area contributed by atoms with Gasteiger partial charge in [0.05, 0.1) is 5.41 Å². The molecule has 0 radical (unpaired) electrons. The summed E-state index contributed by atoms with van der Waals surface area (Å²) >= 11 is 0. The van der Waals surface area contributed by atoms with Gasteiger partial charge in [-0.1, -0.05) is 37.6 Å². The quantitative estimate of drug-likeness (QED) is 0.709. The van der Waals surface area contributed by atoms with E-state index in [-0.39, 0.29) is 0 Å². The van der Waals surface area contributed by atoms with Crippen molar-refractivity contribution in [3.63, 3.8) is 0 Å². The molecule has 1 aromatic carbocycles. The molecular formula is C16H25NO2. The normalized spacial score (nSPS) is 11.5.